The van der Waals surface area contributed by atoms with E-state index >= 15 is 9.13 Å². The van der Waals surface area contributed by atoms with Gasteiger partial charge in [-0.25, -0.2) is 0 Å². The average molecular weight is 705 g/mol. The number of hydrogen-bond acceptors (Lipinski definition) is 4. The van der Waals surface area contributed by atoms with E-state index in [4.69, 9.17) is 0 Å². The molecule has 52 heavy (non-hydrogen) atoms. The molecule has 4 nitrogen and oxygen atoms in total. The van der Waals surface area contributed by atoms with Crippen molar-refractivity contribution >= 4 is 67.7 Å². The highest BCUT2D eigenvalue weighted by Gasteiger charge is 2.39. The molecular weight excluding hydrogens is 674 g/mol. The molecule has 0 radical (unpaired) electrons. The highest BCUT2D eigenvalue weighted by Crippen LogP contribution is 2.52. The van der Waals surface area contributed by atoms with E-state index in [1.54, 1.807) is 12.1 Å². The highest BCUT2D eigenvalue weighted by atomic mass is 31.2. The number of benzene rings is 8. The molecule has 0 N–H and O–H groups in total. The normalized spacial score (nSPS) is 11.6. The molecule has 8 aromatic rings. The van der Waals surface area contributed by atoms with Crippen molar-refractivity contribution in [2.45, 2.75) is 0 Å². The maximum Gasteiger partial charge on any atom is 0.171 e. The van der Waals surface area contributed by atoms with Crippen LogP contribution >= 0.6 is 14.3 Å². The van der Waals surface area contributed by atoms with Crippen LogP contribution in [-0.4, -0.2) is 0 Å². The van der Waals surface area contributed by atoms with Gasteiger partial charge in [-0.1, -0.05) is 170 Å². The molecular formula is C46H30N2O2P2. The maximum absolute atomic E-state index is 16.5. The molecule has 0 spiro atoms. The third kappa shape index (κ3) is 5.21. The summed E-state index contributed by atoms with van der Waals surface area (Å²) in [5, 5.41) is 27.4. The Kier molecular flexibility index (Phi) is 8.51. The van der Waals surface area contributed by atoms with Crippen molar-refractivity contribution in [1.29, 1.82) is 10.5 Å². The summed E-state index contributed by atoms with van der Waals surface area (Å²) in [5.41, 5.74) is 2.01. The van der Waals surface area contributed by atoms with Gasteiger partial charge in [0.25, 0.3) is 0 Å². The minimum absolute atomic E-state index is 0.384. The molecule has 0 saturated heterocycles. The molecule has 0 fully saturated rings. The predicted molar refractivity (Wildman–Crippen MR) is 215 cm³/mol. The van der Waals surface area contributed by atoms with E-state index in [2.05, 4.69) is 12.1 Å². The molecule has 0 bridgehead atoms. The van der Waals surface area contributed by atoms with E-state index in [0.717, 1.165) is 0 Å². The first-order valence-corrected chi connectivity index (χ1v) is 20.3. The zero-order chi connectivity index (χ0) is 35.7. The molecule has 8 aromatic carbocycles. The molecule has 0 aliphatic rings. The lowest BCUT2D eigenvalue weighted by molar-refractivity contribution is 0.591. The number of nitrogens with zero attached hydrogens (tertiary/aromatic N) is 2. The van der Waals surface area contributed by atoms with Gasteiger partial charge in [0.1, 0.15) is 0 Å². The van der Waals surface area contributed by atoms with Gasteiger partial charge in [-0.15, -0.1) is 0 Å². The second-order valence-electron chi connectivity index (χ2n) is 12.5. The van der Waals surface area contributed by atoms with Crippen LogP contribution in [0, 0.1) is 22.7 Å². The molecule has 0 aliphatic heterocycles. The van der Waals surface area contributed by atoms with Crippen molar-refractivity contribution in [2.24, 2.45) is 0 Å². The van der Waals surface area contributed by atoms with Crippen molar-refractivity contribution in [3.63, 3.8) is 0 Å². The van der Waals surface area contributed by atoms with E-state index in [9.17, 15) is 10.5 Å². The summed E-state index contributed by atoms with van der Waals surface area (Å²) in [6, 6.07) is 61.1. The number of rotatable bonds is 7. The Morgan fingerprint density at radius 1 is 0.346 bits per heavy atom. The molecule has 0 amide bonds. The summed E-state index contributed by atoms with van der Waals surface area (Å²) in [5.74, 6) is 0. The summed E-state index contributed by atoms with van der Waals surface area (Å²) in [6.45, 7) is 0. The lowest BCUT2D eigenvalue weighted by atomic mass is 9.90. The Morgan fingerprint density at radius 3 is 0.865 bits per heavy atom. The van der Waals surface area contributed by atoms with Crippen molar-refractivity contribution < 1.29 is 9.13 Å². The molecule has 0 saturated carbocycles. The molecule has 0 aliphatic carbocycles. The highest BCUT2D eigenvalue weighted by molar-refractivity contribution is 7.86. The zero-order valence-corrected chi connectivity index (χ0v) is 29.7. The smallest absolute Gasteiger partial charge is 0.171 e. The zero-order valence-electron chi connectivity index (χ0n) is 27.9. The first kappa shape index (κ1) is 32.9. The molecule has 0 unspecified atom stereocenters. The average Bonchev–Trinajstić information content (AvgIpc) is 3.23. The van der Waals surface area contributed by atoms with Gasteiger partial charge in [0, 0.05) is 53.7 Å². The van der Waals surface area contributed by atoms with Gasteiger partial charge < -0.3 is 9.13 Å². The molecule has 8 rings (SSSR count). The lowest BCUT2D eigenvalue weighted by Crippen LogP contribution is -2.30. The van der Waals surface area contributed by atoms with Crippen LogP contribution in [0.1, 0.15) is 11.1 Å². The van der Waals surface area contributed by atoms with Crippen LogP contribution < -0.4 is 31.8 Å². The van der Waals surface area contributed by atoms with Crippen molar-refractivity contribution in [1.82, 2.24) is 0 Å². The quantitative estimate of drug-likeness (QED) is 0.156. The van der Waals surface area contributed by atoms with E-state index < -0.39 is 14.3 Å². The molecule has 0 heterocycles. The Labute approximate surface area is 302 Å². The van der Waals surface area contributed by atoms with Crippen LogP contribution in [0.5, 0.6) is 0 Å². The fourth-order valence-electron chi connectivity index (χ4n) is 7.33. The van der Waals surface area contributed by atoms with Gasteiger partial charge >= 0.3 is 0 Å². The Hall–Kier alpha value is -6.28. The summed E-state index contributed by atoms with van der Waals surface area (Å²) in [7, 11) is -7.49. The van der Waals surface area contributed by atoms with Crippen LogP contribution in [0.2, 0.25) is 0 Å². The third-order valence-electron chi connectivity index (χ3n) is 9.70. The minimum atomic E-state index is -3.74. The van der Waals surface area contributed by atoms with Gasteiger partial charge in [0.2, 0.25) is 0 Å². The Morgan fingerprint density at radius 2 is 0.596 bits per heavy atom. The van der Waals surface area contributed by atoms with E-state index in [0.29, 0.717) is 75.6 Å². The molecule has 246 valence electrons. The van der Waals surface area contributed by atoms with Crippen LogP contribution in [0.4, 0.5) is 0 Å². The van der Waals surface area contributed by atoms with Crippen molar-refractivity contribution in [3.8, 4) is 23.3 Å². The lowest BCUT2D eigenvalue weighted by Gasteiger charge is -2.29. The summed E-state index contributed by atoms with van der Waals surface area (Å²) in [6.07, 6.45) is 0. The van der Waals surface area contributed by atoms with E-state index in [1.807, 2.05) is 170 Å². The second-order valence-corrected chi connectivity index (χ2v) is 18.0. The van der Waals surface area contributed by atoms with Gasteiger partial charge in [-0.05, 0) is 22.9 Å². The molecule has 0 aromatic heterocycles. The van der Waals surface area contributed by atoms with Crippen LogP contribution in [0.3, 0.4) is 0 Å². The predicted octanol–water partition coefficient (Wildman–Crippen LogP) is 8.68. The van der Waals surface area contributed by atoms with Crippen LogP contribution in [-0.2, 0) is 9.13 Å². The monoisotopic (exact) mass is 704 g/mol. The summed E-state index contributed by atoms with van der Waals surface area (Å²) in [4.78, 5) is 0. The van der Waals surface area contributed by atoms with Gasteiger partial charge in [-0.2, -0.15) is 10.5 Å². The topological polar surface area (TPSA) is 81.7 Å². The van der Waals surface area contributed by atoms with Crippen LogP contribution in [0.25, 0.3) is 32.7 Å². The fourth-order valence-corrected chi connectivity index (χ4v) is 13.1. The number of hydrogen-bond donors (Lipinski definition) is 0. The maximum atomic E-state index is 16.5. The second kappa shape index (κ2) is 13.5. The van der Waals surface area contributed by atoms with Gasteiger partial charge in [0.15, 0.2) is 14.3 Å². The first-order valence-electron chi connectivity index (χ1n) is 16.9. The third-order valence-corrected chi connectivity index (χ3v) is 15.9. The fraction of sp³-hybridized carbons (Fsp3) is 0. The summed E-state index contributed by atoms with van der Waals surface area (Å²) < 4.78 is 32.9. The van der Waals surface area contributed by atoms with E-state index in [-0.39, 0.29) is 0 Å². The molecule has 6 heteroatoms. The first-order chi connectivity index (χ1) is 25.5. The summed E-state index contributed by atoms with van der Waals surface area (Å²) >= 11 is 0. The van der Waals surface area contributed by atoms with Crippen molar-refractivity contribution in [2.75, 3.05) is 0 Å². The Bertz CT molecular complexity index is 2520. The number of nitriles is 2. The van der Waals surface area contributed by atoms with Gasteiger partial charge in [0.05, 0.1) is 23.3 Å². The Balaban J connectivity index is 1.66. The minimum Gasteiger partial charge on any atom is -0.309 e. The van der Waals surface area contributed by atoms with Gasteiger partial charge in [-0.3, -0.25) is 0 Å². The number of fused-ring (bicyclic) bond motifs is 2. The van der Waals surface area contributed by atoms with E-state index in [1.165, 1.54) is 0 Å². The SMILES string of the molecule is N#Cc1cc(P(=O)(c2ccccc2)c2ccccc2)c(-c2c(P(=O)(c3ccccc3)c3ccccc3)cc(C#N)c3ccccc23)c2ccccc12. The van der Waals surface area contributed by atoms with Crippen molar-refractivity contribution in [3.05, 3.63) is 193 Å². The molecule has 0 atom stereocenters. The standard InChI is InChI=1S/C46H30N2O2P2/c47-31-33-29-43(51(49,35-17-5-1-6-18-35)36-19-7-2-8-20-36)45(41-27-15-13-25-39(33)41)46-42-28-16-14-26-40(42)34(32-48)30-44(46)52(50,37-21-9-3-10-22-37)38-23-11-4-12-24-38/h1-30H. The van der Waals surface area contributed by atoms with Crippen LogP contribution in [0.15, 0.2) is 182 Å². The largest absolute Gasteiger partial charge is 0.309 e.